The lowest BCUT2D eigenvalue weighted by Crippen LogP contribution is -2.25. The topological polar surface area (TPSA) is 74.6 Å². The van der Waals surface area contributed by atoms with Crippen LogP contribution in [0.5, 0.6) is 0 Å². The highest BCUT2D eigenvalue weighted by molar-refractivity contribution is 5.79. The predicted molar refractivity (Wildman–Crippen MR) is 78.1 cm³/mol. The molecule has 2 aromatic rings. The molecule has 0 aliphatic rings. The summed E-state index contributed by atoms with van der Waals surface area (Å²) in [5.41, 5.74) is 1.61. The van der Waals surface area contributed by atoms with Gasteiger partial charge in [-0.25, -0.2) is 0 Å². The van der Waals surface area contributed by atoms with E-state index in [-0.39, 0.29) is 0 Å². The van der Waals surface area contributed by atoms with E-state index < -0.39 is 30.2 Å². The highest BCUT2D eigenvalue weighted by atomic mass is 16.4. The van der Waals surface area contributed by atoms with Crippen LogP contribution in [0.1, 0.15) is 23.5 Å². The molecule has 2 N–H and O–H groups in total. The summed E-state index contributed by atoms with van der Waals surface area (Å²) < 4.78 is 0. The van der Waals surface area contributed by atoms with Gasteiger partial charge in [-0.1, -0.05) is 60.7 Å². The zero-order valence-corrected chi connectivity index (χ0v) is 11.3. The molecular weight excluding hydrogens is 268 g/mol. The van der Waals surface area contributed by atoms with Crippen LogP contribution >= 0.6 is 0 Å². The van der Waals surface area contributed by atoms with Gasteiger partial charge in [-0.15, -0.1) is 0 Å². The van der Waals surface area contributed by atoms with Crippen molar-refractivity contribution in [1.29, 1.82) is 0 Å². The summed E-state index contributed by atoms with van der Waals surface area (Å²) in [4.78, 5) is 22.6. The van der Waals surface area contributed by atoms with E-state index >= 15 is 0 Å². The number of benzene rings is 2. The average Bonchev–Trinajstić information content (AvgIpc) is 2.48. The molecule has 1 atom stereocenters. The van der Waals surface area contributed by atoms with E-state index in [9.17, 15) is 14.7 Å². The summed E-state index contributed by atoms with van der Waals surface area (Å²) in [5.74, 6) is -3.71. The van der Waals surface area contributed by atoms with Gasteiger partial charge in [-0.3, -0.25) is 9.59 Å². The number of carboxylic acid groups (broad SMARTS) is 2. The van der Waals surface area contributed by atoms with Gasteiger partial charge in [0.25, 0.3) is 0 Å². The SMILES string of the molecule is O=C(O)C[C@H](C(=O)O)C(c1ccccc1)c1ccccc1. The minimum atomic E-state index is -1.11. The van der Waals surface area contributed by atoms with Crippen molar-refractivity contribution in [2.45, 2.75) is 12.3 Å². The highest BCUT2D eigenvalue weighted by Gasteiger charge is 2.32. The lowest BCUT2D eigenvalue weighted by molar-refractivity contribution is -0.148. The van der Waals surface area contributed by atoms with Gasteiger partial charge in [-0.2, -0.15) is 0 Å². The summed E-state index contributed by atoms with van der Waals surface area (Å²) in [6.07, 6.45) is -0.413. The van der Waals surface area contributed by atoms with Gasteiger partial charge in [0.15, 0.2) is 0 Å². The molecule has 0 amide bonds. The van der Waals surface area contributed by atoms with Crippen molar-refractivity contribution in [3.8, 4) is 0 Å². The molecule has 0 aliphatic carbocycles. The first-order valence-electron chi connectivity index (χ1n) is 6.64. The molecule has 0 fully saturated rings. The van der Waals surface area contributed by atoms with Gasteiger partial charge < -0.3 is 10.2 Å². The Labute approximate surface area is 122 Å². The largest absolute Gasteiger partial charge is 0.481 e. The normalized spacial score (nSPS) is 12.0. The molecule has 4 nitrogen and oxygen atoms in total. The Balaban J connectivity index is 2.49. The van der Waals surface area contributed by atoms with Crippen LogP contribution in [0.25, 0.3) is 0 Å². The fourth-order valence-corrected chi connectivity index (χ4v) is 2.51. The number of rotatable bonds is 6. The third-order valence-electron chi connectivity index (χ3n) is 3.43. The lowest BCUT2D eigenvalue weighted by atomic mass is 9.79. The molecule has 0 unspecified atom stereocenters. The molecule has 0 saturated carbocycles. The Kier molecular flexibility index (Phi) is 4.72. The molecule has 0 radical (unpaired) electrons. The maximum Gasteiger partial charge on any atom is 0.308 e. The monoisotopic (exact) mass is 284 g/mol. The van der Waals surface area contributed by atoms with E-state index in [1.807, 2.05) is 60.7 Å². The summed E-state index contributed by atoms with van der Waals surface area (Å²) >= 11 is 0. The lowest BCUT2D eigenvalue weighted by Gasteiger charge is -2.24. The molecule has 2 rings (SSSR count). The maximum absolute atomic E-state index is 11.6. The van der Waals surface area contributed by atoms with Crippen molar-refractivity contribution in [3.63, 3.8) is 0 Å². The fraction of sp³-hybridized carbons (Fsp3) is 0.176. The number of carboxylic acids is 2. The Bertz CT molecular complexity index is 568. The van der Waals surface area contributed by atoms with Gasteiger partial charge >= 0.3 is 11.9 Å². The summed E-state index contributed by atoms with van der Waals surface area (Å²) in [6, 6.07) is 18.3. The van der Waals surface area contributed by atoms with Crippen LogP contribution in [0.3, 0.4) is 0 Å². The third-order valence-corrected chi connectivity index (χ3v) is 3.43. The van der Waals surface area contributed by atoms with Crippen LogP contribution in [-0.4, -0.2) is 22.2 Å². The average molecular weight is 284 g/mol. The van der Waals surface area contributed by atoms with E-state index in [0.717, 1.165) is 11.1 Å². The second-order valence-electron chi connectivity index (χ2n) is 4.84. The zero-order valence-electron chi connectivity index (χ0n) is 11.3. The van der Waals surface area contributed by atoms with Gasteiger partial charge in [-0.05, 0) is 11.1 Å². The Hall–Kier alpha value is -2.62. The van der Waals surface area contributed by atoms with Gasteiger partial charge in [0.05, 0.1) is 12.3 Å². The van der Waals surface area contributed by atoms with E-state index in [1.54, 1.807) is 0 Å². The van der Waals surface area contributed by atoms with Crippen LogP contribution in [-0.2, 0) is 9.59 Å². The standard InChI is InChI=1S/C17H16O4/c18-15(19)11-14(17(20)21)16(12-7-3-1-4-8-12)13-9-5-2-6-10-13/h1-10,14,16H,11H2,(H,18,19)(H,20,21)/t14-/m0/s1. The van der Waals surface area contributed by atoms with Crippen LogP contribution in [0.2, 0.25) is 0 Å². The quantitative estimate of drug-likeness (QED) is 0.855. The van der Waals surface area contributed by atoms with Gasteiger partial charge in [0.1, 0.15) is 0 Å². The Morgan fingerprint density at radius 2 is 1.24 bits per heavy atom. The van der Waals surface area contributed by atoms with E-state index in [0.29, 0.717) is 0 Å². The summed E-state index contributed by atoms with van der Waals surface area (Å²) in [5, 5.41) is 18.5. The van der Waals surface area contributed by atoms with Crippen molar-refractivity contribution in [2.24, 2.45) is 5.92 Å². The van der Waals surface area contributed by atoms with Crippen LogP contribution < -0.4 is 0 Å². The van der Waals surface area contributed by atoms with E-state index in [1.165, 1.54) is 0 Å². The molecule has 0 bridgehead atoms. The number of aliphatic carboxylic acids is 2. The van der Waals surface area contributed by atoms with Crippen molar-refractivity contribution >= 4 is 11.9 Å². The molecule has 108 valence electrons. The molecule has 0 saturated heterocycles. The second-order valence-corrected chi connectivity index (χ2v) is 4.84. The Morgan fingerprint density at radius 1 is 0.810 bits per heavy atom. The fourth-order valence-electron chi connectivity index (χ4n) is 2.51. The molecule has 0 heterocycles. The summed E-state index contributed by atoms with van der Waals surface area (Å²) in [6.45, 7) is 0. The first kappa shape index (κ1) is 14.8. The minimum absolute atomic E-state index is 0.413. The van der Waals surface area contributed by atoms with Crippen molar-refractivity contribution in [3.05, 3.63) is 71.8 Å². The van der Waals surface area contributed by atoms with Crippen molar-refractivity contribution in [2.75, 3.05) is 0 Å². The third kappa shape index (κ3) is 3.69. The molecule has 21 heavy (non-hydrogen) atoms. The maximum atomic E-state index is 11.6. The van der Waals surface area contributed by atoms with E-state index in [2.05, 4.69) is 0 Å². The molecular formula is C17H16O4. The molecule has 0 aromatic heterocycles. The van der Waals surface area contributed by atoms with Crippen LogP contribution in [0.15, 0.2) is 60.7 Å². The first-order chi connectivity index (χ1) is 10.1. The van der Waals surface area contributed by atoms with Crippen LogP contribution in [0.4, 0.5) is 0 Å². The van der Waals surface area contributed by atoms with Crippen molar-refractivity contribution in [1.82, 2.24) is 0 Å². The van der Waals surface area contributed by atoms with Crippen molar-refractivity contribution < 1.29 is 19.8 Å². The molecule has 2 aromatic carbocycles. The zero-order chi connectivity index (χ0) is 15.2. The minimum Gasteiger partial charge on any atom is -0.481 e. The number of carbonyl (C=O) groups is 2. The number of hydrogen-bond acceptors (Lipinski definition) is 2. The molecule has 0 aliphatic heterocycles. The summed E-state index contributed by atoms with van der Waals surface area (Å²) in [7, 11) is 0. The highest BCUT2D eigenvalue weighted by Crippen LogP contribution is 2.34. The Morgan fingerprint density at radius 3 is 1.57 bits per heavy atom. The molecule has 0 spiro atoms. The number of hydrogen-bond donors (Lipinski definition) is 2. The van der Waals surface area contributed by atoms with Gasteiger partial charge in [0.2, 0.25) is 0 Å². The second kappa shape index (κ2) is 6.70. The van der Waals surface area contributed by atoms with E-state index in [4.69, 9.17) is 5.11 Å². The smallest absolute Gasteiger partial charge is 0.308 e. The first-order valence-corrected chi connectivity index (χ1v) is 6.64. The van der Waals surface area contributed by atoms with Crippen LogP contribution in [0, 0.1) is 5.92 Å². The predicted octanol–water partition coefficient (Wildman–Crippen LogP) is 2.99. The van der Waals surface area contributed by atoms with Gasteiger partial charge in [0, 0.05) is 5.92 Å². The molecule has 4 heteroatoms.